The summed E-state index contributed by atoms with van der Waals surface area (Å²) in [4.78, 5) is 14.6. The maximum absolute atomic E-state index is 11.2. The van der Waals surface area contributed by atoms with Gasteiger partial charge in [-0.25, -0.2) is 0 Å². The van der Waals surface area contributed by atoms with Crippen LogP contribution in [0, 0.1) is 0 Å². The minimum absolute atomic E-state index is 0.160. The van der Waals surface area contributed by atoms with E-state index >= 15 is 0 Å². The maximum atomic E-state index is 11.2. The van der Waals surface area contributed by atoms with Gasteiger partial charge in [0.2, 0.25) is 0 Å². The molecule has 0 bridgehead atoms. The fourth-order valence-corrected chi connectivity index (χ4v) is 2.61. The largest absolute Gasteiger partial charge is 0.379 e. The van der Waals surface area contributed by atoms with E-state index in [1.54, 1.807) is 6.92 Å². The Labute approximate surface area is 142 Å². The van der Waals surface area contributed by atoms with E-state index in [-0.39, 0.29) is 13.2 Å². The molecule has 0 amide bonds. The van der Waals surface area contributed by atoms with Crippen molar-refractivity contribution in [2.24, 2.45) is 0 Å². The van der Waals surface area contributed by atoms with Crippen molar-refractivity contribution < 1.29 is 38.5 Å². The van der Waals surface area contributed by atoms with E-state index in [2.05, 4.69) is 6.92 Å². The molecule has 1 aliphatic rings. The van der Waals surface area contributed by atoms with Crippen molar-refractivity contribution in [3.05, 3.63) is 0 Å². The van der Waals surface area contributed by atoms with Crippen molar-refractivity contribution in [1.82, 2.24) is 5.06 Å². The van der Waals surface area contributed by atoms with Gasteiger partial charge in [-0.15, -0.1) is 5.06 Å². The standard InChI is InChI=1S/C14H30NO8P/c1-4-5-6-7-20-8-9-21-15-13(16)11(2)23-12(14(15)17)10-22-24(3,18)19/h11-14,16-17H,4-10H2,1-3H3,(H,18,19). The van der Waals surface area contributed by atoms with Crippen LogP contribution in [0.15, 0.2) is 0 Å². The van der Waals surface area contributed by atoms with Crippen LogP contribution in [0.5, 0.6) is 0 Å². The monoisotopic (exact) mass is 371 g/mol. The van der Waals surface area contributed by atoms with E-state index in [1.165, 1.54) is 0 Å². The topological polar surface area (TPSA) is 118 Å². The molecule has 1 heterocycles. The lowest BCUT2D eigenvalue weighted by Gasteiger charge is -2.43. The van der Waals surface area contributed by atoms with Crippen molar-refractivity contribution in [1.29, 1.82) is 0 Å². The van der Waals surface area contributed by atoms with Gasteiger partial charge in [0.15, 0.2) is 12.5 Å². The predicted octanol–water partition coefficient (Wildman–Crippen LogP) is 0.683. The molecule has 0 radical (unpaired) electrons. The number of ether oxygens (including phenoxy) is 2. The minimum atomic E-state index is -3.69. The zero-order valence-electron chi connectivity index (χ0n) is 14.5. The molecule has 144 valence electrons. The first kappa shape index (κ1) is 22.0. The molecule has 5 unspecified atom stereocenters. The Bertz CT molecular complexity index is 393. The van der Waals surface area contributed by atoms with Crippen LogP contribution in [-0.4, -0.2) is 77.9 Å². The third kappa shape index (κ3) is 7.86. The van der Waals surface area contributed by atoms with E-state index in [0.29, 0.717) is 13.2 Å². The third-order valence-electron chi connectivity index (χ3n) is 3.50. The van der Waals surface area contributed by atoms with E-state index in [9.17, 15) is 14.8 Å². The number of rotatable bonds is 11. The summed E-state index contributed by atoms with van der Waals surface area (Å²) < 4.78 is 26.8. The Morgan fingerprint density at radius 1 is 1.17 bits per heavy atom. The van der Waals surface area contributed by atoms with Crippen LogP contribution in [0.25, 0.3) is 0 Å². The molecule has 0 aromatic heterocycles. The lowest BCUT2D eigenvalue weighted by molar-refractivity contribution is -0.377. The third-order valence-corrected chi connectivity index (χ3v) is 4.13. The lowest BCUT2D eigenvalue weighted by Crippen LogP contribution is -2.61. The Balaban J connectivity index is 2.41. The molecule has 24 heavy (non-hydrogen) atoms. The number of hydrogen-bond donors (Lipinski definition) is 3. The SMILES string of the molecule is CCCCCOCCON1C(O)C(C)OC(COP(C)(=O)O)C1O. The van der Waals surface area contributed by atoms with Gasteiger partial charge in [-0.05, 0) is 13.3 Å². The van der Waals surface area contributed by atoms with Gasteiger partial charge in [-0.1, -0.05) is 19.8 Å². The summed E-state index contributed by atoms with van der Waals surface area (Å²) in [5.74, 6) is 0. The molecule has 0 spiro atoms. The molecular weight excluding hydrogens is 341 g/mol. The summed E-state index contributed by atoms with van der Waals surface area (Å²) >= 11 is 0. The van der Waals surface area contributed by atoms with Gasteiger partial charge in [-0.2, -0.15) is 0 Å². The van der Waals surface area contributed by atoms with Crippen molar-refractivity contribution in [3.8, 4) is 0 Å². The van der Waals surface area contributed by atoms with Crippen molar-refractivity contribution >= 4 is 7.60 Å². The Morgan fingerprint density at radius 2 is 1.88 bits per heavy atom. The predicted molar refractivity (Wildman–Crippen MR) is 86.2 cm³/mol. The first-order valence-corrected chi connectivity index (χ1v) is 10.2. The van der Waals surface area contributed by atoms with Gasteiger partial charge in [0.1, 0.15) is 6.10 Å². The summed E-state index contributed by atoms with van der Waals surface area (Å²) in [5, 5.41) is 21.3. The summed E-state index contributed by atoms with van der Waals surface area (Å²) in [6.07, 6.45) is -0.883. The Morgan fingerprint density at radius 3 is 2.50 bits per heavy atom. The van der Waals surface area contributed by atoms with E-state index < -0.39 is 32.3 Å². The van der Waals surface area contributed by atoms with Crippen molar-refractivity contribution in [3.63, 3.8) is 0 Å². The molecule has 1 fully saturated rings. The van der Waals surface area contributed by atoms with Gasteiger partial charge in [0.05, 0.1) is 25.9 Å². The van der Waals surface area contributed by atoms with Gasteiger partial charge in [-0.3, -0.25) is 9.40 Å². The number of aliphatic hydroxyl groups is 2. The van der Waals surface area contributed by atoms with Crippen LogP contribution in [0.2, 0.25) is 0 Å². The van der Waals surface area contributed by atoms with Crippen molar-refractivity contribution in [2.45, 2.75) is 57.8 Å². The molecule has 1 saturated heterocycles. The summed E-state index contributed by atoms with van der Waals surface area (Å²) in [6.45, 7) is 5.59. The van der Waals surface area contributed by atoms with Crippen LogP contribution in [0.4, 0.5) is 0 Å². The highest BCUT2D eigenvalue weighted by Gasteiger charge is 2.42. The van der Waals surface area contributed by atoms with E-state index in [4.69, 9.17) is 23.7 Å². The summed E-state index contributed by atoms with van der Waals surface area (Å²) in [5.41, 5.74) is 0. The molecule has 10 heteroatoms. The summed E-state index contributed by atoms with van der Waals surface area (Å²) in [7, 11) is -3.69. The average molecular weight is 371 g/mol. The first-order chi connectivity index (χ1) is 11.3. The number of nitrogens with zero attached hydrogens (tertiary/aromatic N) is 1. The Kier molecular flexibility index (Phi) is 9.88. The number of hydroxylamine groups is 2. The van der Waals surface area contributed by atoms with E-state index in [1.807, 2.05) is 0 Å². The zero-order valence-corrected chi connectivity index (χ0v) is 15.4. The molecule has 9 nitrogen and oxygen atoms in total. The maximum Gasteiger partial charge on any atom is 0.325 e. The fraction of sp³-hybridized carbons (Fsp3) is 1.00. The first-order valence-electron chi connectivity index (χ1n) is 8.21. The van der Waals surface area contributed by atoms with Crippen LogP contribution in [0.1, 0.15) is 33.1 Å². The molecule has 1 rings (SSSR count). The highest BCUT2D eigenvalue weighted by Crippen LogP contribution is 2.37. The second-order valence-electron chi connectivity index (χ2n) is 5.82. The Hall–Kier alpha value is -0.0900. The molecule has 0 saturated carbocycles. The molecular formula is C14H30NO8P. The number of aliphatic hydroxyl groups excluding tert-OH is 2. The normalized spacial score (nSPS) is 31.1. The second-order valence-corrected chi connectivity index (χ2v) is 7.68. The average Bonchev–Trinajstić information content (AvgIpc) is 2.50. The van der Waals surface area contributed by atoms with Crippen molar-refractivity contribution in [2.75, 3.05) is 33.1 Å². The van der Waals surface area contributed by atoms with Gasteiger partial charge in [0.25, 0.3) is 0 Å². The molecule has 3 N–H and O–H groups in total. The highest BCUT2D eigenvalue weighted by atomic mass is 31.2. The smallest absolute Gasteiger partial charge is 0.325 e. The minimum Gasteiger partial charge on any atom is -0.379 e. The number of morpholine rings is 1. The van der Waals surface area contributed by atoms with Crippen LogP contribution in [-0.2, 0) is 23.4 Å². The van der Waals surface area contributed by atoms with Gasteiger partial charge >= 0.3 is 7.60 Å². The lowest BCUT2D eigenvalue weighted by atomic mass is 10.2. The number of unbranched alkanes of at least 4 members (excludes halogenated alkanes) is 2. The zero-order chi connectivity index (χ0) is 18.2. The quantitative estimate of drug-likeness (QED) is 0.356. The molecule has 0 aliphatic carbocycles. The molecule has 5 atom stereocenters. The number of hydrogen-bond acceptors (Lipinski definition) is 8. The van der Waals surface area contributed by atoms with E-state index in [0.717, 1.165) is 31.0 Å². The van der Waals surface area contributed by atoms with Crippen LogP contribution in [0.3, 0.4) is 0 Å². The van der Waals surface area contributed by atoms with Gasteiger partial charge in [0, 0.05) is 13.3 Å². The summed E-state index contributed by atoms with van der Waals surface area (Å²) in [6, 6.07) is 0. The van der Waals surface area contributed by atoms with Crippen LogP contribution < -0.4 is 0 Å². The second kappa shape index (κ2) is 10.8. The van der Waals surface area contributed by atoms with Gasteiger partial charge < -0.3 is 29.1 Å². The highest BCUT2D eigenvalue weighted by molar-refractivity contribution is 7.51. The molecule has 0 aromatic carbocycles. The van der Waals surface area contributed by atoms with Crippen LogP contribution >= 0.6 is 7.60 Å². The molecule has 0 aromatic rings. The fourth-order valence-electron chi connectivity index (χ4n) is 2.19. The molecule has 1 aliphatic heterocycles.